The van der Waals surface area contributed by atoms with Gasteiger partial charge in [-0.3, -0.25) is 9.59 Å². The van der Waals surface area contributed by atoms with Gasteiger partial charge in [-0.2, -0.15) is 0 Å². The highest BCUT2D eigenvalue weighted by molar-refractivity contribution is 7.89. The van der Waals surface area contributed by atoms with Gasteiger partial charge >= 0.3 is 0 Å². The van der Waals surface area contributed by atoms with Gasteiger partial charge in [0, 0.05) is 26.3 Å². The fraction of sp³-hybridized carbons (Fsp3) is 0.600. The molecule has 0 radical (unpaired) electrons. The summed E-state index contributed by atoms with van der Waals surface area (Å²) in [5, 5.41) is 2.77. The highest BCUT2D eigenvalue weighted by Gasteiger charge is 2.26. The van der Waals surface area contributed by atoms with Crippen molar-refractivity contribution in [3.8, 4) is 0 Å². The monoisotopic (exact) mass is 457 g/mol. The van der Waals surface area contributed by atoms with Crippen molar-refractivity contribution < 1.29 is 31.9 Å². The summed E-state index contributed by atoms with van der Waals surface area (Å²) in [4.78, 5) is 26.3. The molecule has 0 aliphatic carbocycles. The van der Waals surface area contributed by atoms with Gasteiger partial charge in [0.1, 0.15) is 5.82 Å². The highest BCUT2D eigenvalue weighted by Crippen LogP contribution is 2.14. The minimum atomic E-state index is -4.00. The third-order valence-electron chi connectivity index (χ3n) is 5.22. The molecule has 2 aliphatic rings. The Hall–Kier alpha value is -2.08. The lowest BCUT2D eigenvalue weighted by molar-refractivity contribution is -0.136. The molecule has 2 aliphatic heterocycles. The molecule has 2 heterocycles. The minimum absolute atomic E-state index is 0.0196. The molecule has 2 fully saturated rings. The van der Waals surface area contributed by atoms with E-state index in [4.69, 9.17) is 9.47 Å². The molecule has 31 heavy (non-hydrogen) atoms. The van der Waals surface area contributed by atoms with E-state index in [0.717, 1.165) is 49.9 Å². The van der Waals surface area contributed by atoms with E-state index in [1.54, 1.807) is 0 Å². The van der Waals surface area contributed by atoms with E-state index in [-0.39, 0.29) is 36.1 Å². The standard InChI is InChI=1S/C20H28FN3O6S/c21-15-5-7-18(8-6-15)31(27,28)23-12-20(26)24(13-17-4-2-10-30-17)14-19(25)22-11-16-3-1-9-29-16/h5-8,16-17,23H,1-4,9-14H2,(H,22,25)/t16-,17-/m1/s1. The van der Waals surface area contributed by atoms with E-state index >= 15 is 0 Å². The number of hydrogen-bond donors (Lipinski definition) is 2. The van der Waals surface area contributed by atoms with Crippen molar-refractivity contribution in [3.63, 3.8) is 0 Å². The molecule has 172 valence electrons. The molecule has 0 aromatic heterocycles. The molecule has 0 unspecified atom stereocenters. The number of ether oxygens (including phenoxy) is 2. The molecule has 11 heteroatoms. The van der Waals surface area contributed by atoms with Crippen LogP contribution in [0, 0.1) is 5.82 Å². The Bertz CT molecular complexity index is 852. The summed E-state index contributed by atoms with van der Waals surface area (Å²) < 4.78 is 51.0. The Balaban J connectivity index is 1.56. The zero-order valence-electron chi connectivity index (χ0n) is 17.2. The van der Waals surface area contributed by atoms with Crippen LogP contribution in [-0.4, -0.2) is 76.7 Å². The zero-order chi connectivity index (χ0) is 22.3. The number of carbonyl (C=O) groups excluding carboxylic acids is 2. The van der Waals surface area contributed by atoms with Gasteiger partial charge in [-0.05, 0) is 49.9 Å². The number of carbonyl (C=O) groups is 2. The van der Waals surface area contributed by atoms with Crippen LogP contribution in [0.15, 0.2) is 29.2 Å². The van der Waals surface area contributed by atoms with Gasteiger partial charge in [-0.1, -0.05) is 0 Å². The van der Waals surface area contributed by atoms with Crippen LogP contribution in [0.3, 0.4) is 0 Å². The first-order chi connectivity index (χ1) is 14.8. The Kier molecular flexibility index (Phi) is 8.35. The summed E-state index contributed by atoms with van der Waals surface area (Å²) in [5.74, 6) is -1.46. The molecule has 1 aromatic rings. The van der Waals surface area contributed by atoms with Crippen LogP contribution in [0.2, 0.25) is 0 Å². The van der Waals surface area contributed by atoms with Gasteiger partial charge in [0.25, 0.3) is 0 Å². The molecule has 1 aromatic carbocycles. The molecule has 3 rings (SSSR count). The van der Waals surface area contributed by atoms with Gasteiger partial charge in [0.15, 0.2) is 0 Å². The molecular weight excluding hydrogens is 429 g/mol. The topological polar surface area (TPSA) is 114 Å². The Morgan fingerprint density at radius 1 is 1.06 bits per heavy atom. The minimum Gasteiger partial charge on any atom is -0.376 e. The Labute approximate surface area is 181 Å². The Morgan fingerprint density at radius 2 is 1.71 bits per heavy atom. The van der Waals surface area contributed by atoms with Gasteiger partial charge in [-0.15, -0.1) is 0 Å². The molecule has 2 N–H and O–H groups in total. The van der Waals surface area contributed by atoms with Crippen LogP contribution >= 0.6 is 0 Å². The quantitative estimate of drug-likeness (QED) is 0.526. The maximum absolute atomic E-state index is 13.0. The first-order valence-corrected chi connectivity index (χ1v) is 11.8. The number of amides is 2. The van der Waals surface area contributed by atoms with Crippen molar-refractivity contribution in [3.05, 3.63) is 30.1 Å². The molecule has 2 atom stereocenters. The molecule has 0 saturated carbocycles. The summed E-state index contributed by atoms with van der Waals surface area (Å²) in [6.07, 6.45) is 3.26. The number of halogens is 1. The van der Waals surface area contributed by atoms with Crippen LogP contribution < -0.4 is 10.0 Å². The number of rotatable bonds is 10. The SMILES string of the molecule is O=C(CN(C[C@H]1CCCO1)C(=O)CNS(=O)(=O)c1ccc(F)cc1)NC[C@H]1CCCO1. The lowest BCUT2D eigenvalue weighted by Gasteiger charge is -2.25. The molecule has 2 saturated heterocycles. The number of hydrogen-bond acceptors (Lipinski definition) is 6. The van der Waals surface area contributed by atoms with Crippen molar-refractivity contribution in [2.75, 3.05) is 39.4 Å². The van der Waals surface area contributed by atoms with Crippen LogP contribution in [0.1, 0.15) is 25.7 Å². The first-order valence-electron chi connectivity index (χ1n) is 10.4. The normalized spacial score (nSPS) is 21.2. The number of benzene rings is 1. The van der Waals surface area contributed by atoms with Crippen LogP contribution in [0.25, 0.3) is 0 Å². The van der Waals surface area contributed by atoms with Crippen molar-refractivity contribution in [1.29, 1.82) is 0 Å². The van der Waals surface area contributed by atoms with Crippen LogP contribution in [0.5, 0.6) is 0 Å². The summed E-state index contributed by atoms with van der Waals surface area (Å²) >= 11 is 0. The van der Waals surface area contributed by atoms with Gasteiger partial charge in [-0.25, -0.2) is 17.5 Å². The second-order valence-corrected chi connectivity index (χ2v) is 9.39. The van der Waals surface area contributed by atoms with E-state index in [2.05, 4.69) is 10.0 Å². The van der Waals surface area contributed by atoms with E-state index in [0.29, 0.717) is 19.8 Å². The smallest absolute Gasteiger partial charge is 0.241 e. The molecule has 0 bridgehead atoms. The average Bonchev–Trinajstić information content (AvgIpc) is 3.44. The van der Waals surface area contributed by atoms with E-state index < -0.39 is 28.3 Å². The molecular formula is C20H28FN3O6S. The maximum Gasteiger partial charge on any atom is 0.241 e. The van der Waals surface area contributed by atoms with Gasteiger partial charge in [0.05, 0.1) is 30.2 Å². The largest absolute Gasteiger partial charge is 0.376 e. The number of sulfonamides is 1. The second kappa shape index (κ2) is 11.0. The number of nitrogens with zero attached hydrogens (tertiary/aromatic N) is 1. The predicted octanol–water partition coefficient (Wildman–Crippen LogP) is 0.407. The van der Waals surface area contributed by atoms with Crippen LogP contribution in [-0.2, 0) is 29.1 Å². The maximum atomic E-state index is 13.0. The van der Waals surface area contributed by atoms with E-state index in [1.165, 1.54) is 4.90 Å². The van der Waals surface area contributed by atoms with Crippen molar-refractivity contribution in [1.82, 2.24) is 14.9 Å². The third-order valence-corrected chi connectivity index (χ3v) is 6.64. The summed E-state index contributed by atoms with van der Waals surface area (Å²) in [6.45, 7) is 1.12. The molecule has 9 nitrogen and oxygen atoms in total. The van der Waals surface area contributed by atoms with Crippen molar-refractivity contribution in [2.24, 2.45) is 0 Å². The van der Waals surface area contributed by atoms with Gasteiger partial charge < -0.3 is 19.7 Å². The second-order valence-electron chi connectivity index (χ2n) is 7.63. The van der Waals surface area contributed by atoms with Gasteiger partial charge in [0.2, 0.25) is 21.8 Å². The van der Waals surface area contributed by atoms with Crippen molar-refractivity contribution in [2.45, 2.75) is 42.8 Å². The summed E-state index contributed by atoms with van der Waals surface area (Å²) in [7, 11) is -4.00. The fourth-order valence-corrected chi connectivity index (χ4v) is 4.49. The lowest BCUT2D eigenvalue weighted by atomic mass is 10.2. The van der Waals surface area contributed by atoms with Crippen molar-refractivity contribution >= 4 is 21.8 Å². The molecule has 2 amide bonds. The fourth-order valence-electron chi connectivity index (χ4n) is 3.52. The summed E-state index contributed by atoms with van der Waals surface area (Å²) in [5.41, 5.74) is 0. The number of nitrogens with one attached hydrogen (secondary N) is 2. The van der Waals surface area contributed by atoms with Crippen LogP contribution in [0.4, 0.5) is 4.39 Å². The first kappa shape index (κ1) is 23.6. The molecule has 0 spiro atoms. The predicted molar refractivity (Wildman–Crippen MR) is 109 cm³/mol. The Morgan fingerprint density at radius 3 is 2.32 bits per heavy atom. The summed E-state index contributed by atoms with van der Waals surface area (Å²) in [6, 6.07) is 4.28. The lowest BCUT2D eigenvalue weighted by Crippen LogP contribution is -2.48. The van der Waals surface area contributed by atoms with E-state index in [9.17, 15) is 22.4 Å². The average molecular weight is 458 g/mol. The third kappa shape index (κ3) is 7.23. The highest BCUT2D eigenvalue weighted by atomic mass is 32.2. The zero-order valence-corrected chi connectivity index (χ0v) is 18.0. The van der Waals surface area contributed by atoms with E-state index in [1.807, 2.05) is 0 Å².